The highest BCUT2D eigenvalue weighted by Crippen LogP contribution is 2.15. The molecule has 0 aliphatic rings. The Morgan fingerprint density at radius 1 is 1.69 bits per heavy atom. The number of carboxylic acid groups (broad SMARTS) is 1. The summed E-state index contributed by atoms with van der Waals surface area (Å²) in [7, 11) is 0. The molecular weight excluding hydrogens is 208 g/mol. The van der Waals surface area contributed by atoms with Crippen LogP contribution >= 0.6 is 22.9 Å². The first-order chi connectivity index (χ1) is 6.25. The molecule has 0 aromatic carbocycles. The lowest BCUT2D eigenvalue weighted by Gasteiger charge is -1.87. The van der Waals surface area contributed by atoms with Crippen molar-refractivity contribution in [3.05, 3.63) is 21.9 Å². The van der Waals surface area contributed by atoms with E-state index in [9.17, 15) is 4.79 Å². The van der Waals surface area contributed by atoms with E-state index in [2.05, 4.69) is 11.8 Å². The van der Waals surface area contributed by atoms with Crippen molar-refractivity contribution >= 4 is 28.9 Å². The SMILES string of the molecule is O=C(O)c1ccsc1C#CCCCl. The van der Waals surface area contributed by atoms with Gasteiger partial charge in [0.1, 0.15) is 0 Å². The maximum absolute atomic E-state index is 10.6. The fraction of sp³-hybridized carbons (Fsp3) is 0.222. The third-order valence-electron chi connectivity index (χ3n) is 1.32. The Hall–Kier alpha value is -0.980. The number of rotatable bonds is 2. The molecule has 1 aromatic heterocycles. The van der Waals surface area contributed by atoms with Gasteiger partial charge in [-0.25, -0.2) is 4.79 Å². The third-order valence-corrected chi connectivity index (χ3v) is 2.34. The molecule has 13 heavy (non-hydrogen) atoms. The fourth-order valence-electron chi connectivity index (χ4n) is 0.765. The van der Waals surface area contributed by atoms with E-state index in [0.29, 0.717) is 17.2 Å². The zero-order chi connectivity index (χ0) is 9.68. The van der Waals surface area contributed by atoms with Crippen LogP contribution in [-0.2, 0) is 0 Å². The van der Waals surface area contributed by atoms with E-state index < -0.39 is 5.97 Å². The highest BCUT2D eigenvalue weighted by molar-refractivity contribution is 7.10. The Morgan fingerprint density at radius 3 is 3.08 bits per heavy atom. The minimum atomic E-state index is -0.934. The lowest BCUT2D eigenvalue weighted by Crippen LogP contribution is -1.95. The van der Waals surface area contributed by atoms with Gasteiger partial charge in [0.05, 0.1) is 10.4 Å². The van der Waals surface area contributed by atoms with Crippen LogP contribution in [-0.4, -0.2) is 17.0 Å². The van der Waals surface area contributed by atoms with Crippen LogP contribution in [0.4, 0.5) is 0 Å². The largest absolute Gasteiger partial charge is 0.478 e. The molecule has 68 valence electrons. The van der Waals surface area contributed by atoms with Crippen LogP contribution in [0.3, 0.4) is 0 Å². The Bertz CT molecular complexity index is 359. The van der Waals surface area contributed by atoms with Gasteiger partial charge in [0.2, 0.25) is 0 Å². The van der Waals surface area contributed by atoms with Crippen LogP contribution in [0.25, 0.3) is 0 Å². The molecule has 0 unspecified atom stereocenters. The number of thiophene rings is 1. The zero-order valence-corrected chi connectivity index (χ0v) is 8.28. The van der Waals surface area contributed by atoms with E-state index in [4.69, 9.17) is 16.7 Å². The molecule has 0 fully saturated rings. The highest BCUT2D eigenvalue weighted by Gasteiger charge is 2.08. The fourth-order valence-corrected chi connectivity index (χ4v) is 1.61. The van der Waals surface area contributed by atoms with Crippen LogP contribution in [0.5, 0.6) is 0 Å². The number of aromatic carboxylic acids is 1. The minimum Gasteiger partial charge on any atom is -0.478 e. The number of carbonyl (C=O) groups is 1. The average Bonchev–Trinajstić information content (AvgIpc) is 2.53. The van der Waals surface area contributed by atoms with Crippen LogP contribution in [0.1, 0.15) is 21.7 Å². The molecular formula is C9H7ClO2S. The molecule has 1 heterocycles. The zero-order valence-electron chi connectivity index (χ0n) is 6.71. The summed E-state index contributed by atoms with van der Waals surface area (Å²) in [5.41, 5.74) is 0.270. The second kappa shape index (κ2) is 4.90. The Labute approximate surface area is 85.2 Å². The van der Waals surface area contributed by atoms with Gasteiger partial charge in [0.15, 0.2) is 0 Å². The van der Waals surface area contributed by atoms with Crippen molar-refractivity contribution in [1.82, 2.24) is 0 Å². The molecule has 0 aliphatic carbocycles. The Morgan fingerprint density at radius 2 is 2.46 bits per heavy atom. The molecule has 4 heteroatoms. The van der Waals surface area contributed by atoms with Crippen molar-refractivity contribution in [2.45, 2.75) is 6.42 Å². The van der Waals surface area contributed by atoms with Crippen molar-refractivity contribution in [2.24, 2.45) is 0 Å². The van der Waals surface area contributed by atoms with Crippen molar-refractivity contribution < 1.29 is 9.90 Å². The molecule has 0 radical (unpaired) electrons. The quantitative estimate of drug-likeness (QED) is 0.607. The van der Waals surface area contributed by atoms with Crippen LogP contribution in [0.2, 0.25) is 0 Å². The average molecular weight is 215 g/mol. The number of hydrogen-bond acceptors (Lipinski definition) is 2. The standard InChI is InChI=1S/C9H7ClO2S/c10-5-2-1-3-8-7(9(11)12)4-6-13-8/h4,6H,2,5H2,(H,11,12). The van der Waals surface area contributed by atoms with Crippen molar-refractivity contribution in [3.63, 3.8) is 0 Å². The molecule has 0 amide bonds. The number of halogens is 1. The van der Waals surface area contributed by atoms with Gasteiger partial charge in [-0.05, 0) is 11.4 Å². The molecule has 1 rings (SSSR count). The first-order valence-electron chi connectivity index (χ1n) is 3.61. The first kappa shape index (κ1) is 10.1. The normalized spacial score (nSPS) is 9.00. The van der Waals surface area contributed by atoms with Gasteiger partial charge >= 0.3 is 5.97 Å². The van der Waals surface area contributed by atoms with Crippen LogP contribution in [0.15, 0.2) is 11.4 Å². The van der Waals surface area contributed by atoms with E-state index >= 15 is 0 Å². The van der Waals surface area contributed by atoms with E-state index in [1.807, 2.05) is 0 Å². The van der Waals surface area contributed by atoms with Crippen molar-refractivity contribution in [1.29, 1.82) is 0 Å². The van der Waals surface area contributed by atoms with Crippen LogP contribution < -0.4 is 0 Å². The first-order valence-corrected chi connectivity index (χ1v) is 5.02. The monoisotopic (exact) mass is 214 g/mol. The maximum Gasteiger partial charge on any atom is 0.337 e. The van der Waals surface area contributed by atoms with Crippen molar-refractivity contribution in [3.8, 4) is 11.8 Å². The second-order valence-electron chi connectivity index (χ2n) is 2.21. The molecule has 1 aromatic rings. The topological polar surface area (TPSA) is 37.3 Å². The summed E-state index contributed by atoms with van der Waals surface area (Å²) < 4.78 is 0. The predicted molar refractivity (Wildman–Crippen MR) is 53.5 cm³/mol. The summed E-state index contributed by atoms with van der Waals surface area (Å²) in [6, 6.07) is 1.55. The molecule has 0 bridgehead atoms. The van der Waals surface area contributed by atoms with Gasteiger partial charge in [-0.2, -0.15) is 0 Å². The minimum absolute atomic E-state index is 0.270. The van der Waals surface area contributed by atoms with E-state index in [1.54, 1.807) is 11.4 Å². The van der Waals surface area contributed by atoms with Crippen molar-refractivity contribution in [2.75, 3.05) is 5.88 Å². The molecule has 0 saturated heterocycles. The van der Waals surface area contributed by atoms with Gasteiger partial charge in [0.25, 0.3) is 0 Å². The molecule has 0 aliphatic heterocycles. The Kier molecular flexibility index (Phi) is 3.81. The number of hydrogen-bond donors (Lipinski definition) is 1. The summed E-state index contributed by atoms with van der Waals surface area (Å²) in [6.07, 6.45) is 0.582. The predicted octanol–water partition coefficient (Wildman–Crippen LogP) is 2.43. The van der Waals surface area contributed by atoms with Gasteiger partial charge < -0.3 is 5.11 Å². The van der Waals surface area contributed by atoms with Gasteiger partial charge in [0, 0.05) is 12.3 Å². The maximum atomic E-state index is 10.6. The van der Waals surface area contributed by atoms with E-state index in [1.165, 1.54) is 11.3 Å². The molecule has 0 spiro atoms. The summed E-state index contributed by atoms with van der Waals surface area (Å²) in [4.78, 5) is 11.2. The van der Waals surface area contributed by atoms with Gasteiger partial charge in [-0.15, -0.1) is 22.9 Å². The third kappa shape index (κ3) is 2.76. The molecule has 1 N–H and O–H groups in total. The molecule has 0 saturated carbocycles. The van der Waals surface area contributed by atoms with Gasteiger partial charge in [-0.3, -0.25) is 0 Å². The number of alkyl halides is 1. The molecule has 0 atom stereocenters. The van der Waals surface area contributed by atoms with E-state index in [0.717, 1.165) is 0 Å². The number of carboxylic acids is 1. The summed E-state index contributed by atoms with van der Waals surface area (Å²) in [6.45, 7) is 0. The highest BCUT2D eigenvalue weighted by atomic mass is 35.5. The van der Waals surface area contributed by atoms with Crippen LogP contribution in [0, 0.1) is 11.8 Å². The summed E-state index contributed by atoms with van der Waals surface area (Å²) >= 11 is 6.76. The molecule has 2 nitrogen and oxygen atoms in total. The van der Waals surface area contributed by atoms with Gasteiger partial charge in [-0.1, -0.05) is 11.8 Å². The Balaban J connectivity index is 2.84. The smallest absolute Gasteiger partial charge is 0.337 e. The lowest BCUT2D eigenvalue weighted by molar-refractivity contribution is 0.0697. The summed E-state index contributed by atoms with van der Waals surface area (Å²) in [5, 5.41) is 10.4. The second-order valence-corrected chi connectivity index (χ2v) is 3.50. The summed E-state index contributed by atoms with van der Waals surface area (Å²) in [5.74, 6) is 5.12. The van der Waals surface area contributed by atoms with E-state index in [-0.39, 0.29) is 5.56 Å². The lowest BCUT2D eigenvalue weighted by atomic mass is 10.2.